The summed E-state index contributed by atoms with van der Waals surface area (Å²) in [5.74, 6) is 0. The van der Waals surface area contributed by atoms with E-state index in [9.17, 15) is 0 Å². The maximum Gasteiger partial charge on any atom is 0.0743 e. The van der Waals surface area contributed by atoms with Gasteiger partial charge in [-0.1, -0.05) is 6.92 Å². The third kappa shape index (κ3) is 0.956. The molecule has 0 amide bonds. The molecule has 0 saturated carbocycles. The van der Waals surface area contributed by atoms with E-state index in [1.807, 2.05) is 0 Å². The van der Waals surface area contributed by atoms with Crippen molar-refractivity contribution in [2.45, 2.75) is 44.4 Å². The molecular weight excluding hydrogens is 126 g/mol. The lowest BCUT2D eigenvalue weighted by molar-refractivity contribution is 0.109. The van der Waals surface area contributed by atoms with E-state index >= 15 is 0 Å². The second-order valence-electron chi connectivity index (χ2n) is 3.31. The Morgan fingerprint density at radius 1 is 1.60 bits per heavy atom. The molecule has 58 valence electrons. The van der Waals surface area contributed by atoms with Gasteiger partial charge >= 0.3 is 0 Å². The Kier molecular flexibility index (Phi) is 1.66. The molecule has 10 heavy (non-hydrogen) atoms. The standard InChI is InChI=1S/C8H15NO/c1-2-6-5-8-7(9-6)3-4-10-8/h6-9H,2-5H2,1H3/t6-,7+,8+/m1/s1. The fourth-order valence-corrected chi connectivity index (χ4v) is 2.01. The zero-order valence-electron chi connectivity index (χ0n) is 6.47. The van der Waals surface area contributed by atoms with Crippen LogP contribution >= 0.6 is 0 Å². The minimum atomic E-state index is 0.546. The Balaban J connectivity index is 1.94. The summed E-state index contributed by atoms with van der Waals surface area (Å²) in [6.07, 6.45) is 4.25. The van der Waals surface area contributed by atoms with Gasteiger partial charge in [0.05, 0.1) is 6.10 Å². The van der Waals surface area contributed by atoms with Crippen LogP contribution in [0.4, 0.5) is 0 Å². The third-order valence-electron chi connectivity index (χ3n) is 2.67. The molecule has 0 aliphatic carbocycles. The van der Waals surface area contributed by atoms with Gasteiger partial charge in [0.1, 0.15) is 0 Å². The highest BCUT2D eigenvalue weighted by molar-refractivity contribution is 4.93. The van der Waals surface area contributed by atoms with E-state index in [1.165, 1.54) is 19.3 Å². The van der Waals surface area contributed by atoms with Gasteiger partial charge in [-0.3, -0.25) is 0 Å². The normalized spacial score (nSPS) is 45.9. The molecule has 2 rings (SSSR count). The first-order valence-electron chi connectivity index (χ1n) is 4.28. The first kappa shape index (κ1) is 6.62. The van der Waals surface area contributed by atoms with Gasteiger partial charge in [-0.2, -0.15) is 0 Å². The lowest BCUT2D eigenvalue weighted by Crippen LogP contribution is -2.29. The van der Waals surface area contributed by atoms with Gasteiger partial charge in [0, 0.05) is 18.7 Å². The highest BCUT2D eigenvalue weighted by Gasteiger charge is 2.36. The summed E-state index contributed by atoms with van der Waals surface area (Å²) in [5, 5.41) is 3.58. The van der Waals surface area contributed by atoms with Gasteiger partial charge in [-0.05, 0) is 19.3 Å². The van der Waals surface area contributed by atoms with Crippen LogP contribution in [0.3, 0.4) is 0 Å². The number of rotatable bonds is 1. The first-order chi connectivity index (χ1) is 4.90. The quantitative estimate of drug-likeness (QED) is 0.586. The van der Waals surface area contributed by atoms with Crippen LogP contribution in [-0.4, -0.2) is 24.8 Å². The molecule has 2 heterocycles. The Hall–Kier alpha value is -0.0800. The predicted molar refractivity (Wildman–Crippen MR) is 40.0 cm³/mol. The molecule has 1 N–H and O–H groups in total. The van der Waals surface area contributed by atoms with Gasteiger partial charge in [0.25, 0.3) is 0 Å². The van der Waals surface area contributed by atoms with Crippen LogP contribution in [-0.2, 0) is 4.74 Å². The van der Waals surface area contributed by atoms with E-state index in [0.717, 1.165) is 12.6 Å². The van der Waals surface area contributed by atoms with E-state index < -0.39 is 0 Å². The lowest BCUT2D eigenvalue weighted by Gasteiger charge is -2.07. The van der Waals surface area contributed by atoms with E-state index in [4.69, 9.17) is 4.74 Å². The number of hydrogen-bond donors (Lipinski definition) is 1. The minimum absolute atomic E-state index is 0.546. The molecule has 2 nitrogen and oxygen atoms in total. The van der Waals surface area contributed by atoms with E-state index in [0.29, 0.717) is 12.1 Å². The Morgan fingerprint density at radius 2 is 2.50 bits per heavy atom. The number of hydrogen-bond acceptors (Lipinski definition) is 2. The highest BCUT2D eigenvalue weighted by Crippen LogP contribution is 2.25. The van der Waals surface area contributed by atoms with Crippen molar-refractivity contribution < 1.29 is 4.74 Å². The van der Waals surface area contributed by atoms with Gasteiger partial charge < -0.3 is 10.1 Å². The summed E-state index contributed by atoms with van der Waals surface area (Å²) in [5.41, 5.74) is 0. The molecule has 0 radical (unpaired) electrons. The second kappa shape index (κ2) is 2.51. The van der Waals surface area contributed by atoms with Gasteiger partial charge in [0.15, 0.2) is 0 Å². The van der Waals surface area contributed by atoms with E-state index in [2.05, 4.69) is 12.2 Å². The average Bonchev–Trinajstić information content (AvgIpc) is 2.42. The maximum atomic E-state index is 5.55. The summed E-state index contributed by atoms with van der Waals surface area (Å²) in [6, 6.07) is 1.42. The van der Waals surface area contributed by atoms with Gasteiger partial charge in [-0.25, -0.2) is 0 Å². The van der Waals surface area contributed by atoms with Crippen molar-refractivity contribution in [2.75, 3.05) is 6.61 Å². The third-order valence-corrected chi connectivity index (χ3v) is 2.67. The van der Waals surface area contributed by atoms with Crippen LogP contribution in [0.2, 0.25) is 0 Å². The average molecular weight is 141 g/mol. The fraction of sp³-hybridized carbons (Fsp3) is 1.00. The molecule has 2 fully saturated rings. The minimum Gasteiger partial charge on any atom is -0.376 e. The molecule has 0 aromatic carbocycles. The Labute approximate surface area is 61.9 Å². The number of fused-ring (bicyclic) bond motifs is 1. The van der Waals surface area contributed by atoms with E-state index in [1.54, 1.807) is 0 Å². The summed E-state index contributed by atoms with van der Waals surface area (Å²) in [6.45, 7) is 3.21. The van der Waals surface area contributed by atoms with Crippen LogP contribution in [0.15, 0.2) is 0 Å². The summed E-state index contributed by atoms with van der Waals surface area (Å²) < 4.78 is 5.55. The van der Waals surface area contributed by atoms with Crippen molar-refractivity contribution in [1.82, 2.24) is 5.32 Å². The van der Waals surface area contributed by atoms with Crippen LogP contribution < -0.4 is 5.32 Å². The summed E-state index contributed by atoms with van der Waals surface area (Å²) in [7, 11) is 0. The molecule has 2 aliphatic rings. The van der Waals surface area contributed by atoms with Crippen LogP contribution in [0, 0.1) is 0 Å². The van der Waals surface area contributed by atoms with Crippen molar-refractivity contribution in [3.05, 3.63) is 0 Å². The Morgan fingerprint density at radius 3 is 3.20 bits per heavy atom. The van der Waals surface area contributed by atoms with Gasteiger partial charge in [0.2, 0.25) is 0 Å². The topological polar surface area (TPSA) is 21.3 Å². The first-order valence-corrected chi connectivity index (χ1v) is 4.28. The molecule has 2 saturated heterocycles. The van der Waals surface area contributed by atoms with Crippen LogP contribution in [0.1, 0.15) is 26.2 Å². The summed E-state index contributed by atoms with van der Waals surface area (Å²) in [4.78, 5) is 0. The van der Waals surface area contributed by atoms with E-state index in [-0.39, 0.29) is 0 Å². The molecule has 0 spiro atoms. The molecule has 2 heteroatoms. The number of ether oxygens (including phenoxy) is 1. The largest absolute Gasteiger partial charge is 0.376 e. The van der Waals surface area contributed by atoms with Crippen molar-refractivity contribution in [1.29, 1.82) is 0 Å². The molecular formula is C8H15NO. The van der Waals surface area contributed by atoms with Crippen molar-refractivity contribution in [3.63, 3.8) is 0 Å². The summed E-state index contributed by atoms with van der Waals surface area (Å²) >= 11 is 0. The van der Waals surface area contributed by atoms with Crippen LogP contribution in [0.25, 0.3) is 0 Å². The zero-order chi connectivity index (χ0) is 6.97. The van der Waals surface area contributed by atoms with Crippen molar-refractivity contribution in [2.24, 2.45) is 0 Å². The predicted octanol–water partition coefficient (Wildman–Crippen LogP) is 0.916. The zero-order valence-corrected chi connectivity index (χ0v) is 6.47. The Bertz CT molecular complexity index is 114. The second-order valence-corrected chi connectivity index (χ2v) is 3.31. The van der Waals surface area contributed by atoms with Gasteiger partial charge in [-0.15, -0.1) is 0 Å². The number of nitrogens with one attached hydrogen (secondary N) is 1. The smallest absolute Gasteiger partial charge is 0.0743 e. The van der Waals surface area contributed by atoms with Crippen molar-refractivity contribution in [3.8, 4) is 0 Å². The maximum absolute atomic E-state index is 5.55. The SMILES string of the molecule is CC[C@@H]1C[C@@H]2OCC[C@@H]2N1. The van der Waals surface area contributed by atoms with Crippen molar-refractivity contribution >= 4 is 0 Å². The lowest BCUT2D eigenvalue weighted by atomic mass is 10.1. The molecule has 0 aromatic heterocycles. The highest BCUT2D eigenvalue weighted by atomic mass is 16.5. The van der Waals surface area contributed by atoms with Crippen LogP contribution in [0.5, 0.6) is 0 Å². The molecule has 0 bridgehead atoms. The molecule has 0 aromatic rings. The molecule has 3 atom stereocenters. The molecule has 0 unspecified atom stereocenters. The molecule has 2 aliphatic heterocycles. The fourth-order valence-electron chi connectivity index (χ4n) is 2.01. The monoisotopic (exact) mass is 141 g/mol.